The van der Waals surface area contributed by atoms with E-state index in [2.05, 4.69) is 64.7 Å². The maximum Gasteiger partial charge on any atom is 0.185 e. The zero-order chi connectivity index (χ0) is 17.1. The molecule has 1 atom stereocenters. The third-order valence-electron chi connectivity index (χ3n) is 4.70. The molecule has 0 spiro atoms. The Bertz CT molecular complexity index is 647. The number of thiazole rings is 1. The molecule has 1 saturated heterocycles. The van der Waals surface area contributed by atoms with Crippen molar-refractivity contribution in [2.24, 2.45) is 0 Å². The minimum Gasteiger partial charge on any atom is -0.354 e. The van der Waals surface area contributed by atoms with Gasteiger partial charge in [-0.25, -0.2) is 4.98 Å². The van der Waals surface area contributed by atoms with E-state index in [0.717, 1.165) is 37.9 Å². The lowest BCUT2D eigenvalue weighted by molar-refractivity contribution is 0.0969. The molecule has 3 rings (SSSR count). The Morgan fingerprint density at radius 2 is 1.96 bits per heavy atom. The maximum absolute atomic E-state index is 4.66. The third kappa shape index (κ3) is 3.94. The summed E-state index contributed by atoms with van der Waals surface area (Å²) < 4.78 is 0. The molecular weight excluding hydrogens is 318 g/mol. The highest BCUT2D eigenvalue weighted by molar-refractivity contribution is 7.15. The molecule has 1 fully saturated rings. The first-order chi connectivity index (χ1) is 11.5. The molecule has 5 nitrogen and oxygen atoms in total. The van der Waals surface area contributed by atoms with Crippen molar-refractivity contribution in [3.8, 4) is 0 Å². The molecule has 1 aliphatic rings. The van der Waals surface area contributed by atoms with Crippen LogP contribution in [0.15, 0.2) is 24.4 Å². The van der Waals surface area contributed by atoms with E-state index in [4.69, 9.17) is 0 Å². The molecule has 6 heteroatoms. The Hall–Kier alpha value is -1.50. The highest BCUT2D eigenvalue weighted by atomic mass is 32.1. The number of rotatable bonds is 5. The lowest BCUT2D eigenvalue weighted by atomic mass is 10.1. The standard InChI is InChI=1S/C18H27N5S/c1-14-17(24-18(20-14)21(3)4)13-22-9-11-23(12-10-22)15(2)16-7-5-6-8-19-16/h5-8,15H,9-13H2,1-4H3. The molecule has 24 heavy (non-hydrogen) atoms. The van der Waals surface area contributed by atoms with Gasteiger partial charge in [-0.1, -0.05) is 6.07 Å². The van der Waals surface area contributed by atoms with Crippen LogP contribution in [0.4, 0.5) is 5.13 Å². The zero-order valence-corrected chi connectivity index (χ0v) is 15.9. The normalized spacial score (nSPS) is 17.8. The molecule has 0 aliphatic carbocycles. The van der Waals surface area contributed by atoms with Gasteiger partial charge in [0.05, 0.1) is 11.4 Å². The van der Waals surface area contributed by atoms with Gasteiger partial charge >= 0.3 is 0 Å². The Morgan fingerprint density at radius 3 is 2.54 bits per heavy atom. The molecule has 2 aromatic heterocycles. The van der Waals surface area contributed by atoms with Crippen LogP contribution >= 0.6 is 11.3 Å². The van der Waals surface area contributed by atoms with Crippen LogP contribution in [0.1, 0.15) is 29.2 Å². The van der Waals surface area contributed by atoms with Gasteiger partial charge in [0.25, 0.3) is 0 Å². The molecule has 0 amide bonds. The summed E-state index contributed by atoms with van der Waals surface area (Å²) in [6, 6.07) is 6.57. The third-order valence-corrected chi connectivity index (χ3v) is 6.01. The van der Waals surface area contributed by atoms with E-state index in [1.807, 2.05) is 23.6 Å². The monoisotopic (exact) mass is 345 g/mol. The lowest BCUT2D eigenvalue weighted by Gasteiger charge is -2.37. The van der Waals surface area contributed by atoms with E-state index in [1.165, 1.54) is 16.3 Å². The van der Waals surface area contributed by atoms with E-state index in [1.54, 1.807) is 0 Å². The average Bonchev–Trinajstić information content (AvgIpc) is 2.97. The first kappa shape index (κ1) is 17.3. The first-order valence-electron chi connectivity index (χ1n) is 8.55. The summed E-state index contributed by atoms with van der Waals surface area (Å²) in [6.45, 7) is 9.79. The highest BCUT2D eigenvalue weighted by Crippen LogP contribution is 2.27. The molecule has 130 valence electrons. The lowest BCUT2D eigenvalue weighted by Crippen LogP contribution is -2.46. The largest absolute Gasteiger partial charge is 0.354 e. The number of aromatic nitrogens is 2. The number of aryl methyl sites for hydroxylation is 1. The maximum atomic E-state index is 4.66. The summed E-state index contributed by atoms with van der Waals surface area (Å²) in [5, 5.41) is 1.10. The summed E-state index contributed by atoms with van der Waals surface area (Å²) in [4.78, 5) is 17.7. The Balaban J connectivity index is 1.56. The van der Waals surface area contributed by atoms with Crippen LogP contribution in [0, 0.1) is 6.92 Å². The van der Waals surface area contributed by atoms with Crippen LogP contribution in [0.25, 0.3) is 0 Å². The number of piperazine rings is 1. The van der Waals surface area contributed by atoms with Gasteiger partial charge in [0.15, 0.2) is 5.13 Å². The number of nitrogens with zero attached hydrogens (tertiary/aromatic N) is 5. The van der Waals surface area contributed by atoms with Crippen molar-refractivity contribution in [3.63, 3.8) is 0 Å². The Labute approximate surface area is 148 Å². The summed E-state index contributed by atoms with van der Waals surface area (Å²) >= 11 is 1.81. The van der Waals surface area contributed by atoms with Gasteiger partial charge in [-0.15, -0.1) is 11.3 Å². The van der Waals surface area contributed by atoms with E-state index in [0.29, 0.717) is 6.04 Å². The smallest absolute Gasteiger partial charge is 0.185 e. The first-order valence-corrected chi connectivity index (χ1v) is 9.37. The van der Waals surface area contributed by atoms with E-state index >= 15 is 0 Å². The molecule has 0 saturated carbocycles. The second-order valence-corrected chi connectivity index (χ2v) is 7.70. The van der Waals surface area contributed by atoms with Crippen LogP contribution in [0.5, 0.6) is 0 Å². The number of pyridine rings is 1. The summed E-state index contributed by atoms with van der Waals surface area (Å²) in [5.74, 6) is 0. The fraction of sp³-hybridized carbons (Fsp3) is 0.556. The summed E-state index contributed by atoms with van der Waals surface area (Å²) in [7, 11) is 4.11. The molecule has 0 bridgehead atoms. The van der Waals surface area contributed by atoms with Crippen molar-refractivity contribution in [3.05, 3.63) is 40.7 Å². The second-order valence-electron chi connectivity index (χ2n) is 6.64. The predicted molar refractivity (Wildman–Crippen MR) is 101 cm³/mol. The van der Waals surface area contributed by atoms with Crippen LogP contribution in [0.2, 0.25) is 0 Å². The molecule has 1 unspecified atom stereocenters. The molecule has 0 N–H and O–H groups in total. The van der Waals surface area contributed by atoms with Crippen molar-refractivity contribution >= 4 is 16.5 Å². The van der Waals surface area contributed by atoms with Crippen LogP contribution in [-0.4, -0.2) is 60.0 Å². The van der Waals surface area contributed by atoms with E-state index in [-0.39, 0.29) is 0 Å². The van der Waals surface area contributed by atoms with E-state index < -0.39 is 0 Å². The Morgan fingerprint density at radius 1 is 1.21 bits per heavy atom. The number of hydrogen-bond donors (Lipinski definition) is 0. The van der Waals surface area contributed by atoms with Crippen molar-refractivity contribution in [2.45, 2.75) is 26.4 Å². The number of anilines is 1. The van der Waals surface area contributed by atoms with E-state index in [9.17, 15) is 0 Å². The molecule has 3 heterocycles. The molecule has 0 radical (unpaired) electrons. The van der Waals surface area contributed by atoms with Gasteiger partial charge < -0.3 is 4.90 Å². The second kappa shape index (κ2) is 7.59. The quantitative estimate of drug-likeness (QED) is 0.833. The molecule has 1 aliphatic heterocycles. The van der Waals surface area contributed by atoms with Crippen molar-refractivity contribution in [1.29, 1.82) is 0 Å². The SMILES string of the molecule is Cc1nc(N(C)C)sc1CN1CCN(C(C)c2ccccn2)CC1. The van der Waals surface area contributed by atoms with Crippen LogP contribution < -0.4 is 4.90 Å². The summed E-state index contributed by atoms with van der Waals surface area (Å²) in [6.07, 6.45) is 1.89. The van der Waals surface area contributed by atoms with Crippen molar-refractivity contribution in [1.82, 2.24) is 19.8 Å². The van der Waals surface area contributed by atoms with Crippen molar-refractivity contribution < 1.29 is 0 Å². The minimum atomic E-state index is 0.388. The predicted octanol–water partition coefficient (Wildman–Crippen LogP) is 2.79. The van der Waals surface area contributed by atoms with Gasteiger partial charge in [-0.2, -0.15) is 0 Å². The van der Waals surface area contributed by atoms with Crippen LogP contribution in [0.3, 0.4) is 0 Å². The van der Waals surface area contributed by atoms with Gasteiger partial charge in [0, 0.05) is 63.9 Å². The zero-order valence-electron chi connectivity index (χ0n) is 15.1. The Kier molecular flexibility index (Phi) is 5.48. The van der Waals surface area contributed by atoms with Gasteiger partial charge in [-0.3, -0.25) is 14.8 Å². The number of hydrogen-bond acceptors (Lipinski definition) is 6. The van der Waals surface area contributed by atoms with Crippen LogP contribution in [-0.2, 0) is 6.54 Å². The highest BCUT2D eigenvalue weighted by Gasteiger charge is 2.23. The summed E-state index contributed by atoms with van der Waals surface area (Å²) in [5.41, 5.74) is 2.34. The van der Waals surface area contributed by atoms with Gasteiger partial charge in [0.2, 0.25) is 0 Å². The average molecular weight is 346 g/mol. The van der Waals surface area contributed by atoms with Crippen molar-refractivity contribution in [2.75, 3.05) is 45.2 Å². The van der Waals surface area contributed by atoms with Gasteiger partial charge in [-0.05, 0) is 26.0 Å². The fourth-order valence-corrected chi connectivity index (χ4v) is 4.10. The minimum absolute atomic E-state index is 0.388. The molecule has 0 aromatic carbocycles. The van der Waals surface area contributed by atoms with Gasteiger partial charge in [0.1, 0.15) is 0 Å². The molecule has 2 aromatic rings. The topological polar surface area (TPSA) is 35.5 Å². The fourth-order valence-electron chi connectivity index (χ4n) is 3.07. The molecular formula is C18H27N5S.